The van der Waals surface area contributed by atoms with Crippen LogP contribution in [-0.4, -0.2) is 51.2 Å². The second kappa shape index (κ2) is 11.7. The molecule has 0 saturated heterocycles. The monoisotopic (exact) mass is 381 g/mol. The van der Waals surface area contributed by atoms with Gasteiger partial charge in [-0.3, -0.25) is 19.6 Å². The first kappa shape index (κ1) is 23.1. The number of hydrogen-bond donors (Lipinski definition) is 1. The van der Waals surface area contributed by atoms with Crippen LogP contribution in [0.25, 0.3) is 0 Å². The Bertz CT molecular complexity index is 605. The van der Waals surface area contributed by atoms with Crippen LogP contribution in [0.5, 0.6) is 0 Å². The first-order chi connectivity index (χ1) is 12.8. The van der Waals surface area contributed by atoms with E-state index in [0.717, 1.165) is 32.5 Å². The van der Waals surface area contributed by atoms with Crippen LogP contribution in [0.4, 0.5) is 5.69 Å². The highest BCUT2D eigenvalue weighted by Crippen LogP contribution is 2.22. The number of carbonyl (C=O) groups excluding carboxylic acids is 1. The molecule has 0 unspecified atom stereocenters. The molecule has 0 aliphatic heterocycles. The van der Waals surface area contributed by atoms with Crippen LogP contribution in [0, 0.1) is 17.0 Å². The van der Waals surface area contributed by atoms with Gasteiger partial charge in [-0.25, -0.2) is 0 Å². The van der Waals surface area contributed by atoms with Crippen LogP contribution >= 0.6 is 0 Å². The minimum atomic E-state index is -0.538. The molecule has 0 spiro atoms. The van der Waals surface area contributed by atoms with Crippen molar-refractivity contribution in [2.24, 2.45) is 7.05 Å². The van der Waals surface area contributed by atoms with E-state index in [2.05, 4.69) is 29.2 Å². The van der Waals surface area contributed by atoms with E-state index in [0.29, 0.717) is 5.69 Å². The van der Waals surface area contributed by atoms with Gasteiger partial charge in [0.05, 0.1) is 4.92 Å². The molecular weight excluding hydrogens is 346 g/mol. The van der Waals surface area contributed by atoms with Gasteiger partial charge in [0.2, 0.25) is 5.69 Å². The van der Waals surface area contributed by atoms with Gasteiger partial charge in [0.15, 0.2) is 0 Å². The molecule has 0 aromatic carbocycles. The maximum Gasteiger partial charge on any atom is 0.322 e. The Morgan fingerprint density at radius 3 is 2.26 bits per heavy atom. The Morgan fingerprint density at radius 1 is 1.22 bits per heavy atom. The molecule has 8 nitrogen and oxygen atoms in total. The van der Waals surface area contributed by atoms with Crippen molar-refractivity contribution in [2.75, 3.05) is 19.6 Å². The number of hydrogen-bond acceptors (Lipinski definition) is 5. The molecule has 0 saturated carbocycles. The van der Waals surface area contributed by atoms with Gasteiger partial charge in [0.25, 0.3) is 5.91 Å². The van der Waals surface area contributed by atoms with Crippen molar-refractivity contribution < 1.29 is 9.72 Å². The minimum absolute atomic E-state index is 0.109. The fourth-order valence-corrected chi connectivity index (χ4v) is 3.16. The first-order valence-corrected chi connectivity index (χ1v) is 10.0. The molecule has 0 aliphatic carbocycles. The van der Waals surface area contributed by atoms with Gasteiger partial charge < -0.3 is 10.2 Å². The zero-order valence-electron chi connectivity index (χ0n) is 17.5. The lowest BCUT2D eigenvalue weighted by Crippen LogP contribution is -2.43. The molecule has 1 N–H and O–H groups in total. The van der Waals surface area contributed by atoms with Crippen molar-refractivity contribution in [3.63, 3.8) is 0 Å². The van der Waals surface area contributed by atoms with Crippen LogP contribution in [0.15, 0.2) is 0 Å². The average Bonchev–Trinajstić information content (AvgIpc) is 2.90. The Morgan fingerprint density at radius 2 is 1.78 bits per heavy atom. The summed E-state index contributed by atoms with van der Waals surface area (Å²) in [4.78, 5) is 25.7. The second-order valence-corrected chi connectivity index (χ2v) is 7.25. The predicted octanol–water partition coefficient (Wildman–Crippen LogP) is 3.44. The number of rotatable bonds is 13. The first-order valence-electron chi connectivity index (χ1n) is 10.0. The lowest BCUT2D eigenvalue weighted by molar-refractivity contribution is -0.385. The van der Waals surface area contributed by atoms with Crippen molar-refractivity contribution in [3.05, 3.63) is 21.5 Å². The van der Waals surface area contributed by atoms with Gasteiger partial charge in [-0.05, 0) is 39.8 Å². The van der Waals surface area contributed by atoms with Crippen molar-refractivity contribution in [1.82, 2.24) is 20.0 Å². The van der Waals surface area contributed by atoms with Gasteiger partial charge in [-0.2, -0.15) is 5.10 Å². The number of amides is 1. The molecule has 0 aliphatic rings. The van der Waals surface area contributed by atoms with Crippen molar-refractivity contribution >= 4 is 11.6 Å². The molecule has 1 heterocycles. The molecule has 1 aromatic heterocycles. The smallest absolute Gasteiger partial charge is 0.322 e. The summed E-state index contributed by atoms with van der Waals surface area (Å²) in [5.41, 5.74) is 0.0406. The number of nitrogens with one attached hydrogen (secondary N) is 1. The minimum Gasteiger partial charge on any atom is -0.347 e. The lowest BCUT2D eigenvalue weighted by Gasteiger charge is -2.26. The molecule has 154 valence electrons. The maximum absolute atomic E-state index is 12.5. The van der Waals surface area contributed by atoms with Gasteiger partial charge in [-0.1, -0.05) is 39.5 Å². The van der Waals surface area contributed by atoms with E-state index < -0.39 is 10.8 Å². The summed E-state index contributed by atoms with van der Waals surface area (Å²) in [5.74, 6) is -0.486. The van der Waals surface area contributed by atoms with Crippen molar-refractivity contribution in [1.29, 1.82) is 0 Å². The summed E-state index contributed by atoms with van der Waals surface area (Å²) >= 11 is 0. The third kappa shape index (κ3) is 7.28. The largest absolute Gasteiger partial charge is 0.347 e. The summed E-state index contributed by atoms with van der Waals surface area (Å²) in [6, 6.07) is -0.109. The maximum atomic E-state index is 12.5. The number of carbonyl (C=O) groups is 1. The van der Waals surface area contributed by atoms with Crippen LogP contribution in [0.1, 0.15) is 75.5 Å². The molecule has 0 radical (unpaired) electrons. The number of nitro groups is 1. The second-order valence-electron chi connectivity index (χ2n) is 7.25. The highest BCUT2D eigenvalue weighted by molar-refractivity contribution is 5.96. The third-order valence-electron chi connectivity index (χ3n) is 4.77. The van der Waals surface area contributed by atoms with E-state index >= 15 is 0 Å². The zero-order valence-corrected chi connectivity index (χ0v) is 17.5. The summed E-state index contributed by atoms with van der Waals surface area (Å²) < 4.78 is 1.37. The number of nitrogens with zero attached hydrogens (tertiary/aromatic N) is 4. The molecule has 0 bridgehead atoms. The van der Waals surface area contributed by atoms with Crippen molar-refractivity contribution in [2.45, 2.75) is 72.3 Å². The predicted molar refractivity (Wildman–Crippen MR) is 107 cm³/mol. The molecule has 1 rings (SSSR count). The van der Waals surface area contributed by atoms with Gasteiger partial charge >= 0.3 is 5.69 Å². The molecule has 27 heavy (non-hydrogen) atoms. The Kier molecular flexibility index (Phi) is 9.99. The van der Waals surface area contributed by atoms with Crippen LogP contribution in [0.2, 0.25) is 0 Å². The zero-order chi connectivity index (χ0) is 20.4. The Hall–Kier alpha value is -1.96. The van der Waals surface area contributed by atoms with E-state index in [1.54, 1.807) is 14.0 Å². The van der Waals surface area contributed by atoms with E-state index in [-0.39, 0.29) is 17.4 Å². The standard InChI is InChI=1S/C19H35N5O3/c1-6-8-10-12-23(13-11-9-7-2)14-15(3)20-19(25)17-18(24(26)27)16(4)22(5)21-17/h15H,6-14H2,1-5H3,(H,20,25)/t15-/m0/s1. The van der Waals surface area contributed by atoms with Crippen LogP contribution < -0.4 is 5.32 Å². The molecule has 0 fully saturated rings. The third-order valence-corrected chi connectivity index (χ3v) is 4.77. The Labute approximate surface area is 162 Å². The molecular formula is C19H35N5O3. The van der Waals surface area contributed by atoms with Crippen molar-refractivity contribution in [3.8, 4) is 0 Å². The number of aryl methyl sites for hydroxylation is 1. The van der Waals surface area contributed by atoms with Gasteiger partial charge in [0.1, 0.15) is 5.69 Å². The van der Waals surface area contributed by atoms with E-state index in [9.17, 15) is 14.9 Å². The van der Waals surface area contributed by atoms with Gasteiger partial charge in [0, 0.05) is 19.6 Å². The molecule has 8 heteroatoms. The number of unbranched alkanes of at least 4 members (excludes halogenated alkanes) is 4. The lowest BCUT2D eigenvalue weighted by atomic mass is 10.2. The van der Waals surface area contributed by atoms with Gasteiger partial charge in [-0.15, -0.1) is 0 Å². The fourth-order valence-electron chi connectivity index (χ4n) is 3.16. The topological polar surface area (TPSA) is 93.3 Å². The summed E-state index contributed by atoms with van der Waals surface area (Å²) in [6.45, 7) is 10.7. The highest BCUT2D eigenvalue weighted by Gasteiger charge is 2.29. The quantitative estimate of drug-likeness (QED) is 0.321. The summed E-state index contributed by atoms with van der Waals surface area (Å²) in [6.07, 6.45) is 7.05. The van der Waals surface area contributed by atoms with Crippen LogP contribution in [0.3, 0.4) is 0 Å². The molecule has 1 atom stereocenters. The number of aromatic nitrogens is 2. The van der Waals surface area contributed by atoms with E-state index in [1.165, 1.54) is 30.4 Å². The summed E-state index contributed by atoms with van der Waals surface area (Å²) in [5, 5.41) is 18.2. The highest BCUT2D eigenvalue weighted by atomic mass is 16.6. The summed E-state index contributed by atoms with van der Waals surface area (Å²) in [7, 11) is 1.60. The normalized spacial score (nSPS) is 12.4. The molecule has 1 aromatic rings. The fraction of sp³-hybridized carbons (Fsp3) is 0.789. The van der Waals surface area contributed by atoms with E-state index in [4.69, 9.17) is 0 Å². The molecule has 1 amide bonds. The average molecular weight is 382 g/mol. The SMILES string of the molecule is CCCCCN(CCCCC)C[C@H](C)NC(=O)c1nn(C)c(C)c1[N+](=O)[O-]. The Balaban J connectivity index is 2.71. The van der Waals surface area contributed by atoms with Crippen LogP contribution in [-0.2, 0) is 7.05 Å². The van der Waals surface area contributed by atoms with E-state index in [1.807, 2.05) is 6.92 Å².